The molecule has 0 amide bonds. The van der Waals surface area contributed by atoms with E-state index in [1.165, 1.54) is 12.1 Å². The summed E-state index contributed by atoms with van der Waals surface area (Å²) in [5, 5.41) is 23.4. The lowest BCUT2D eigenvalue weighted by molar-refractivity contribution is -0.137. The van der Waals surface area contributed by atoms with Gasteiger partial charge in [-0.1, -0.05) is 93.9 Å². The molecular formula is C36H35ClF3N3O2. The first kappa shape index (κ1) is 34.7. The second kappa shape index (κ2) is 16.3. The minimum Gasteiger partial charge on any atom is -0.507 e. The lowest BCUT2D eigenvalue weighted by atomic mass is 9.98. The number of nitrogens with zero attached hydrogens (tertiary/aromatic N) is 2. The number of phenols is 2. The highest BCUT2D eigenvalue weighted by Crippen LogP contribution is 2.35. The molecule has 45 heavy (non-hydrogen) atoms. The van der Waals surface area contributed by atoms with Crippen LogP contribution in [0.4, 0.5) is 24.8 Å². The van der Waals surface area contributed by atoms with Crippen LogP contribution in [0.3, 0.4) is 0 Å². The van der Waals surface area contributed by atoms with Gasteiger partial charge in [0.25, 0.3) is 0 Å². The minimum atomic E-state index is -4.36. The topological polar surface area (TPSA) is 78.3 Å². The molecule has 0 atom stereocenters. The van der Waals surface area contributed by atoms with E-state index in [4.69, 9.17) is 11.6 Å². The zero-order chi connectivity index (χ0) is 33.0. The second-order valence-electron chi connectivity index (χ2n) is 9.85. The Morgan fingerprint density at radius 1 is 0.778 bits per heavy atom. The van der Waals surface area contributed by atoms with Gasteiger partial charge < -0.3 is 15.5 Å². The van der Waals surface area contributed by atoms with Crippen LogP contribution in [0.2, 0.25) is 5.02 Å². The van der Waals surface area contributed by atoms with Crippen molar-refractivity contribution >= 4 is 35.4 Å². The smallest absolute Gasteiger partial charge is 0.416 e. The molecule has 1 aromatic heterocycles. The fourth-order valence-electron chi connectivity index (χ4n) is 4.19. The Morgan fingerprint density at radius 2 is 1.40 bits per heavy atom. The Balaban J connectivity index is 0.000000239. The van der Waals surface area contributed by atoms with Gasteiger partial charge in [-0.25, -0.2) is 9.97 Å². The first-order valence-electron chi connectivity index (χ1n) is 14.3. The molecule has 9 heteroatoms. The molecule has 0 aliphatic heterocycles. The highest BCUT2D eigenvalue weighted by atomic mass is 35.5. The van der Waals surface area contributed by atoms with Gasteiger partial charge in [0.05, 0.1) is 11.3 Å². The van der Waals surface area contributed by atoms with E-state index in [0.717, 1.165) is 28.8 Å². The number of benzene rings is 4. The third kappa shape index (κ3) is 10.4. The van der Waals surface area contributed by atoms with E-state index in [0.29, 0.717) is 22.0 Å². The SMILES string of the molecule is CC.CC(C)c1c(O)cc(/C=C/c2ccccc2)cc1O.FC(F)(F)c1ccc(Nc2nccc(-c3cccc(Cl)c3)n2)cc1. The first-order chi connectivity index (χ1) is 21.5. The maximum Gasteiger partial charge on any atom is 0.416 e. The fraction of sp³-hybridized carbons (Fsp3) is 0.167. The number of anilines is 2. The van der Waals surface area contributed by atoms with Crippen LogP contribution in [-0.2, 0) is 6.18 Å². The molecular weight excluding hydrogens is 599 g/mol. The third-order valence-electron chi connectivity index (χ3n) is 6.25. The average Bonchev–Trinajstić information content (AvgIpc) is 3.01. The summed E-state index contributed by atoms with van der Waals surface area (Å²) in [4.78, 5) is 8.42. The summed E-state index contributed by atoms with van der Waals surface area (Å²) in [6.45, 7) is 7.88. The summed E-state index contributed by atoms with van der Waals surface area (Å²) in [5.74, 6) is 0.657. The largest absolute Gasteiger partial charge is 0.507 e. The summed E-state index contributed by atoms with van der Waals surface area (Å²) < 4.78 is 37.7. The van der Waals surface area contributed by atoms with Crippen molar-refractivity contribution in [3.8, 4) is 22.8 Å². The normalized spacial score (nSPS) is 11.0. The Kier molecular flexibility index (Phi) is 12.6. The first-order valence-corrected chi connectivity index (χ1v) is 14.7. The Labute approximate surface area is 266 Å². The van der Waals surface area contributed by atoms with Gasteiger partial charge in [-0.3, -0.25) is 0 Å². The van der Waals surface area contributed by atoms with Crippen LogP contribution >= 0.6 is 11.6 Å². The van der Waals surface area contributed by atoms with Gasteiger partial charge in [0.15, 0.2) is 0 Å². The van der Waals surface area contributed by atoms with Crippen LogP contribution in [0, 0.1) is 0 Å². The van der Waals surface area contributed by atoms with E-state index < -0.39 is 11.7 Å². The standard InChI is InChI=1S/C17H11ClF3N3.C17H18O2.C2H6/c18-13-3-1-2-11(10-13)15-8-9-22-16(24-15)23-14-6-4-12(5-7-14)17(19,20)21;1-12(2)17-15(18)10-14(11-16(17)19)9-8-13-6-4-3-5-7-13;1-2/h1-10H,(H,22,23,24);3-12,18-19H,1-2H3;1-2H3/b;9-8+;. The van der Waals surface area contributed by atoms with Crippen molar-refractivity contribution in [1.29, 1.82) is 0 Å². The predicted octanol–water partition coefficient (Wildman–Crippen LogP) is 11.0. The van der Waals surface area contributed by atoms with Gasteiger partial charge in [-0.05, 0) is 71.6 Å². The number of alkyl halides is 3. The molecule has 0 bridgehead atoms. The molecule has 0 radical (unpaired) electrons. The minimum absolute atomic E-state index is 0.0900. The second-order valence-corrected chi connectivity index (χ2v) is 10.3. The summed E-state index contributed by atoms with van der Waals surface area (Å²) >= 11 is 5.96. The number of rotatable bonds is 6. The van der Waals surface area contributed by atoms with Crippen molar-refractivity contribution in [3.63, 3.8) is 0 Å². The van der Waals surface area contributed by atoms with Crippen molar-refractivity contribution in [2.75, 3.05) is 5.32 Å². The zero-order valence-corrected chi connectivity index (χ0v) is 26.1. The van der Waals surface area contributed by atoms with E-state index in [-0.39, 0.29) is 23.4 Å². The van der Waals surface area contributed by atoms with Crippen molar-refractivity contribution in [1.82, 2.24) is 9.97 Å². The maximum atomic E-state index is 12.6. The van der Waals surface area contributed by atoms with E-state index in [9.17, 15) is 23.4 Å². The van der Waals surface area contributed by atoms with Crippen LogP contribution in [0.5, 0.6) is 11.5 Å². The number of nitrogens with one attached hydrogen (secondary N) is 1. The monoisotopic (exact) mass is 633 g/mol. The Morgan fingerprint density at radius 3 is 1.98 bits per heavy atom. The number of aromatic nitrogens is 2. The van der Waals surface area contributed by atoms with Crippen LogP contribution in [-0.4, -0.2) is 20.2 Å². The maximum absolute atomic E-state index is 12.6. The average molecular weight is 634 g/mol. The summed E-state index contributed by atoms with van der Waals surface area (Å²) in [6.07, 6.45) is 1.03. The van der Waals surface area contributed by atoms with Crippen molar-refractivity contribution in [2.45, 2.75) is 39.8 Å². The fourth-order valence-corrected chi connectivity index (χ4v) is 4.38. The molecule has 0 spiro atoms. The summed E-state index contributed by atoms with van der Waals surface area (Å²) in [7, 11) is 0. The molecule has 0 fully saturated rings. The van der Waals surface area contributed by atoms with Crippen LogP contribution in [0.15, 0.2) is 103 Å². The Bertz CT molecular complexity index is 1670. The van der Waals surface area contributed by atoms with Gasteiger partial charge in [0.2, 0.25) is 5.95 Å². The summed E-state index contributed by atoms with van der Waals surface area (Å²) in [6, 6.07) is 26.8. The van der Waals surface area contributed by atoms with Crippen LogP contribution in [0.1, 0.15) is 55.9 Å². The Hall–Kier alpha value is -4.82. The number of hydrogen-bond donors (Lipinski definition) is 3. The molecule has 234 valence electrons. The van der Waals surface area contributed by atoms with E-state index in [2.05, 4.69) is 15.3 Å². The molecule has 0 unspecified atom stereocenters. The van der Waals surface area contributed by atoms with E-state index in [1.54, 1.807) is 36.5 Å². The van der Waals surface area contributed by atoms with Crippen molar-refractivity contribution in [2.24, 2.45) is 0 Å². The predicted molar refractivity (Wildman–Crippen MR) is 178 cm³/mol. The highest BCUT2D eigenvalue weighted by molar-refractivity contribution is 6.30. The van der Waals surface area contributed by atoms with E-state index >= 15 is 0 Å². The third-order valence-corrected chi connectivity index (χ3v) is 6.48. The molecule has 4 aromatic carbocycles. The van der Waals surface area contributed by atoms with Gasteiger partial charge in [0.1, 0.15) is 11.5 Å². The van der Waals surface area contributed by atoms with Crippen LogP contribution < -0.4 is 5.32 Å². The number of halogens is 4. The molecule has 0 saturated carbocycles. The lowest BCUT2D eigenvalue weighted by Crippen LogP contribution is -2.04. The van der Waals surface area contributed by atoms with Gasteiger partial charge in [-0.15, -0.1) is 0 Å². The molecule has 5 nitrogen and oxygen atoms in total. The molecule has 0 aliphatic rings. The molecule has 5 rings (SSSR count). The molecule has 3 N–H and O–H groups in total. The van der Waals surface area contributed by atoms with Gasteiger partial charge >= 0.3 is 6.18 Å². The number of hydrogen-bond acceptors (Lipinski definition) is 5. The van der Waals surface area contributed by atoms with Crippen molar-refractivity contribution < 1.29 is 23.4 Å². The quantitative estimate of drug-likeness (QED) is 0.162. The van der Waals surface area contributed by atoms with E-state index in [1.807, 2.05) is 82.3 Å². The van der Waals surface area contributed by atoms with Gasteiger partial charge in [-0.2, -0.15) is 13.2 Å². The molecule has 1 heterocycles. The molecule has 0 aliphatic carbocycles. The zero-order valence-electron chi connectivity index (χ0n) is 25.3. The highest BCUT2D eigenvalue weighted by Gasteiger charge is 2.29. The molecule has 0 saturated heterocycles. The van der Waals surface area contributed by atoms with Crippen molar-refractivity contribution in [3.05, 3.63) is 131 Å². The lowest BCUT2D eigenvalue weighted by Gasteiger charge is -2.11. The number of phenolic OH excluding ortho intramolecular Hbond substituents is 2. The molecule has 5 aromatic rings. The number of aromatic hydroxyl groups is 2. The summed E-state index contributed by atoms with van der Waals surface area (Å²) in [5.41, 5.74) is 3.68. The van der Waals surface area contributed by atoms with Gasteiger partial charge in [0, 0.05) is 28.0 Å². The van der Waals surface area contributed by atoms with Crippen LogP contribution in [0.25, 0.3) is 23.4 Å².